The molecule has 0 aliphatic rings. The highest BCUT2D eigenvalue weighted by Gasteiger charge is 2.15. The number of anilines is 1. The maximum atomic E-state index is 10.8. The van der Waals surface area contributed by atoms with Gasteiger partial charge in [0, 0.05) is 5.39 Å². The molecular formula is C9H7Cl2N3O3. The first-order valence-corrected chi connectivity index (χ1v) is 4.90. The Hall–Kier alpha value is -1.63. The minimum Gasteiger partial charge on any atom is -0.476 e. The van der Waals surface area contributed by atoms with E-state index in [0.717, 1.165) is 0 Å². The molecule has 0 amide bonds. The SMILES string of the molecule is Nc1c(C(=O)O)nnc2cc(Cl)c(Cl)cc12.O. The van der Waals surface area contributed by atoms with Crippen LogP contribution in [0.2, 0.25) is 10.0 Å². The van der Waals surface area contributed by atoms with Gasteiger partial charge in [-0.2, -0.15) is 0 Å². The number of nitrogens with two attached hydrogens (primary N) is 1. The lowest BCUT2D eigenvalue weighted by Crippen LogP contribution is -2.07. The van der Waals surface area contributed by atoms with Gasteiger partial charge in [-0.15, -0.1) is 10.2 Å². The second-order valence-electron chi connectivity index (χ2n) is 3.05. The third kappa shape index (κ3) is 2.23. The van der Waals surface area contributed by atoms with Crippen molar-refractivity contribution < 1.29 is 15.4 Å². The Balaban J connectivity index is 0.00000144. The fourth-order valence-electron chi connectivity index (χ4n) is 1.28. The molecule has 1 aromatic carbocycles. The van der Waals surface area contributed by atoms with Crippen LogP contribution in [0, 0.1) is 0 Å². The van der Waals surface area contributed by atoms with Gasteiger partial charge in [-0.3, -0.25) is 0 Å². The molecule has 6 nitrogen and oxygen atoms in total. The number of hydrogen-bond donors (Lipinski definition) is 2. The Morgan fingerprint density at radius 1 is 1.24 bits per heavy atom. The molecule has 0 bridgehead atoms. The first-order valence-electron chi connectivity index (χ1n) is 4.15. The Bertz CT molecular complexity index is 604. The highest BCUT2D eigenvalue weighted by molar-refractivity contribution is 6.42. The van der Waals surface area contributed by atoms with Crippen molar-refractivity contribution in [2.45, 2.75) is 0 Å². The molecule has 0 radical (unpaired) electrons. The number of halogens is 2. The lowest BCUT2D eigenvalue weighted by molar-refractivity contribution is 0.0691. The van der Waals surface area contributed by atoms with Gasteiger partial charge in [0.1, 0.15) is 0 Å². The summed E-state index contributed by atoms with van der Waals surface area (Å²) >= 11 is 11.6. The van der Waals surface area contributed by atoms with E-state index in [4.69, 9.17) is 34.0 Å². The highest BCUT2D eigenvalue weighted by Crippen LogP contribution is 2.30. The van der Waals surface area contributed by atoms with Gasteiger partial charge in [-0.1, -0.05) is 23.2 Å². The molecular weight excluding hydrogens is 269 g/mol. The van der Waals surface area contributed by atoms with E-state index in [0.29, 0.717) is 15.9 Å². The summed E-state index contributed by atoms with van der Waals surface area (Å²) in [4.78, 5) is 10.8. The summed E-state index contributed by atoms with van der Waals surface area (Å²) < 4.78 is 0. The second-order valence-corrected chi connectivity index (χ2v) is 3.87. The molecule has 8 heteroatoms. The molecule has 0 aliphatic carbocycles. The normalized spacial score (nSPS) is 10.0. The summed E-state index contributed by atoms with van der Waals surface area (Å²) in [6.45, 7) is 0. The van der Waals surface area contributed by atoms with Gasteiger partial charge >= 0.3 is 5.97 Å². The molecule has 0 atom stereocenters. The number of aromatic nitrogens is 2. The summed E-state index contributed by atoms with van der Waals surface area (Å²) in [7, 11) is 0. The zero-order valence-electron chi connectivity index (χ0n) is 8.24. The predicted molar refractivity (Wildman–Crippen MR) is 64.5 cm³/mol. The van der Waals surface area contributed by atoms with Crippen molar-refractivity contribution in [2.75, 3.05) is 5.73 Å². The van der Waals surface area contributed by atoms with Crippen molar-refractivity contribution in [3.05, 3.63) is 27.9 Å². The van der Waals surface area contributed by atoms with Crippen molar-refractivity contribution in [2.24, 2.45) is 0 Å². The first-order chi connectivity index (χ1) is 7.50. The van der Waals surface area contributed by atoms with E-state index < -0.39 is 5.97 Å². The topological polar surface area (TPSA) is 121 Å². The Morgan fingerprint density at radius 3 is 2.41 bits per heavy atom. The first kappa shape index (κ1) is 13.4. The third-order valence-corrected chi connectivity index (χ3v) is 2.77. The van der Waals surface area contributed by atoms with Crippen molar-refractivity contribution in [1.29, 1.82) is 0 Å². The van der Waals surface area contributed by atoms with E-state index in [2.05, 4.69) is 10.2 Å². The fraction of sp³-hybridized carbons (Fsp3) is 0. The molecule has 0 aliphatic heterocycles. The molecule has 0 saturated carbocycles. The average molecular weight is 276 g/mol. The van der Waals surface area contributed by atoms with Gasteiger partial charge in [0.25, 0.3) is 0 Å². The van der Waals surface area contributed by atoms with Gasteiger partial charge in [-0.25, -0.2) is 4.79 Å². The summed E-state index contributed by atoms with van der Waals surface area (Å²) in [5.74, 6) is -1.24. The van der Waals surface area contributed by atoms with Crippen LogP contribution in [-0.4, -0.2) is 26.7 Å². The zero-order chi connectivity index (χ0) is 11.9. The number of carboxylic acids is 1. The monoisotopic (exact) mass is 275 g/mol. The van der Waals surface area contributed by atoms with Crippen LogP contribution in [0.5, 0.6) is 0 Å². The number of hydrogen-bond acceptors (Lipinski definition) is 4. The van der Waals surface area contributed by atoms with Crippen LogP contribution in [-0.2, 0) is 0 Å². The van der Waals surface area contributed by atoms with Crippen LogP contribution in [0.1, 0.15) is 10.5 Å². The van der Waals surface area contributed by atoms with E-state index in [9.17, 15) is 4.79 Å². The summed E-state index contributed by atoms with van der Waals surface area (Å²) in [5, 5.41) is 17.0. The quantitative estimate of drug-likeness (QED) is 0.815. The van der Waals surface area contributed by atoms with Crippen LogP contribution in [0.3, 0.4) is 0 Å². The molecule has 90 valence electrons. The van der Waals surface area contributed by atoms with Gasteiger partial charge in [0.2, 0.25) is 0 Å². The third-order valence-electron chi connectivity index (χ3n) is 2.04. The molecule has 0 unspecified atom stereocenters. The lowest BCUT2D eigenvalue weighted by atomic mass is 10.1. The lowest BCUT2D eigenvalue weighted by Gasteiger charge is -2.05. The molecule has 2 aromatic rings. The summed E-state index contributed by atoms with van der Waals surface area (Å²) in [5.41, 5.74) is 5.78. The summed E-state index contributed by atoms with van der Waals surface area (Å²) in [6.07, 6.45) is 0. The number of rotatable bonds is 1. The molecule has 1 aromatic heterocycles. The van der Waals surface area contributed by atoms with Crippen molar-refractivity contribution in [3.63, 3.8) is 0 Å². The van der Waals surface area contributed by atoms with Crippen molar-refractivity contribution >= 4 is 45.8 Å². The smallest absolute Gasteiger partial charge is 0.358 e. The number of nitrogens with zero attached hydrogens (tertiary/aromatic N) is 2. The van der Waals surface area contributed by atoms with Crippen molar-refractivity contribution in [3.8, 4) is 0 Å². The van der Waals surface area contributed by atoms with Gasteiger partial charge < -0.3 is 16.3 Å². The molecule has 17 heavy (non-hydrogen) atoms. The van der Waals surface area contributed by atoms with Gasteiger partial charge in [0.15, 0.2) is 5.69 Å². The van der Waals surface area contributed by atoms with Gasteiger partial charge in [-0.05, 0) is 12.1 Å². The van der Waals surface area contributed by atoms with Gasteiger partial charge in [0.05, 0.1) is 21.2 Å². The Kier molecular flexibility index (Phi) is 3.72. The number of nitrogen functional groups attached to an aromatic ring is 1. The number of benzene rings is 1. The van der Waals surface area contributed by atoms with Crippen LogP contribution in [0.25, 0.3) is 10.9 Å². The van der Waals surface area contributed by atoms with Crippen LogP contribution in [0.15, 0.2) is 12.1 Å². The standard InChI is InChI=1S/C9H5Cl2N3O2.H2O/c10-4-1-3-6(2-5(4)11)13-14-8(7(3)12)9(15)16;/h1-2H,(H2,12,13)(H,15,16);1H2. The van der Waals surface area contributed by atoms with Crippen LogP contribution in [0.4, 0.5) is 5.69 Å². The van der Waals surface area contributed by atoms with E-state index in [-0.39, 0.29) is 21.9 Å². The number of aromatic carboxylic acids is 1. The highest BCUT2D eigenvalue weighted by atomic mass is 35.5. The molecule has 1 heterocycles. The van der Waals surface area contributed by atoms with E-state index in [1.54, 1.807) is 0 Å². The molecule has 2 rings (SSSR count). The Labute approximate surface area is 105 Å². The number of carboxylic acid groups (broad SMARTS) is 1. The zero-order valence-corrected chi connectivity index (χ0v) is 9.75. The second kappa shape index (κ2) is 4.70. The fourth-order valence-corrected chi connectivity index (χ4v) is 1.60. The molecule has 0 spiro atoms. The molecule has 0 fully saturated rings. The Morgan fingerprint density at radius 2 is 1.82 bits per heavy atom. The molecule has 0 saturated heterocycles. The molecule has 5 N–H and O–H groups in total. The summed E-state index contributed by atoms with van der Waals surface area (Å²) in [6, 6.07) is 2.95. The predicted octanol–water partition coefficient (Wildman–Crippen LogP) is 1.39. The minimum atomic E-state index is -1.24. The van der Waals surface area contributed by atoms with Crippen LogP contribution < -0.4 is 5.73 Å². The number of fused-ring (bicyclic) bond motifs is 1. The average Bonchev–Trinajstić information content (AvgIpc) is 2.21. The number of carbonyl (C=O) groups is 1. The largest absolute Gasteiger partial charge is 0.476 e. The van der Waals surface area contributed by atoms with Crippen LogP contribution >= 0.6 is 23.2 Å². The van der Waals surface area contributed by atoms with E-state index >= 15 is 0 Å². The van der Waals surface area contributed by atoms with E-state index in [1.165, 1.54) is 12.1 Å². The maximum Gasteiger partial charge on any atom is 0.358 e. The minimum absolute atomic E-state index is 0. The maximum absolute atomic E-state index is 10.8. The van der Waals surface area contributed by atoms with E-state index in [1.807, 2.05) is 0 Å². The van der Waals surface area contributed by atoms with Crippen molar-refractivity contribution in [1.82, 2.24) is 10.2 Å².